The number of allylic oxidation sites excluding steroid dienone is 1. The third-order valence-electron chi connectivity index (χ3n) is 14.3. The molecular formula is C43H64O11Si2. The van der Waals surface area contributed by atoms with Crippen LogP contribution in [0.25, 0.3) is 0 Å². The van der Waals surface area contributed by atoms with E-state index < -0.39 is 92.7 Å². The van der Waals surface area contributed by atoms with Gasteiger partial charge in [0.05, 0.1) is 29.6 Å². The van der Waals surface area contributed by atoms with Crippen molar-refractivity contribution in [2.75, 3.05) is 6.61 Å². The first-order valence-corrected chi connectivity index (χ1v) is 25.6. The number of benzene rings is 1. The molecule has 8 atom stereocenters. The number of Topliss-reactive ketones (excluding diaryl/α,β-unsaturated/α-hetero) is 1. The van der Waals surface area contributed by atoms with Crippen molar-refractivity contribution in [3.05, 3.63) is 58.9 Å². The van der Waals surface area contributed by atoms with E-state index in [1.165, 1.54) is 13.8 Å². The topological polar surface area (TPSA) is 144 Å². The first kappa shape index (κ1) is 44.0. The van der Waals surface area contributed by atoms with Crippen LogP contribution in [-0.4, -0.2) is 87.7 Å². The van der Waals surface area contributed by atoms with Crippen LogP contribution in [0.15, 0.2) is 53.3 Å². The molecule has 2 bridgehead atoms. The molecule has 1 aliphatic heterocycles. The van der Waals surface area contributed by atoms with E-state index in [9.17, 15) is 19.5 Å². The lowest BCUT2D eigenvalue weighted by Gasteiger charge is -2.67. The average molecular weight is 813 g/mol. The maximum Gasteiger partial charge on any atom is 0.338 e. The molecule has 56 heavy (non-hydrogen) atoms. The highest BCUT2D eigenvalue weighted by molar-refractivity contribution is 6.74. The zero-order valence-corrected chi connectivity index (χ0v) is 37.5. The van der Waals surface area contributed by atoms with E-state index >= 15 is 4.79 Å². The first-order chi connectivity index (χ1) is 26.3. The Morgan fingerprint density at radius 2 is 1.43 bits per heavy atom. The Kier molecular flexibility index (Phi) is 12.5. The molecule has 2 saturated carbocycles. The van der Waals surface area contributed by atoms with E-state index in [1.807, 2.05) is 6.92 Å². The van der Waals surface area contributed by atoms with Crippen LogP contribution >= 0.6 is 0 Å². The molecule has 13 heteroatoms. The van der Waals surface area contributed by atoms with Crippen LogP contribution in [-0.2, 0) is 42.2 Å². The Labute approximate surface area is 335 Å². The number of fused-ring (bicyclic) bond motifs is 5. The van der Waals surface area contributed by atoms with Gasteiger partial charge >= 0.3 is 17.9 Å². The van der Waals surface area contributed by atoms with Gasteiger partial charge in [0.1, 0.15) is 23.6 Å². The number of hydrogen-bond acceptors (Lipinski definition) is 11. The number of esters is 3. The van der Waals surface area contributed by atoms with E-state index in [2.05, 4.69) is 41.5 Å². The van der Waals surface area contributed by atoms with E-state index in [4.69, 9.17) is 27.8 Å². The standard InChI is InChI=1S/C43H64O11Si2/c1-13-55(14-2,15-3)53-31-25-43(48)38(51-39(47)30-22-20-19-21-23-30)36-41(12,37(46)35(50-28(8)44)34(27(31)7)40(43,10)11)32(54-56(16-4,17-5)18-6)24-33-42(36,26-49-33)52-29(9)45/h19-23,25,32-33,35-36,38,48H,13-18,24,26H2,1-12H3/t32-,33+,35+,36-,38-,41+,42-,43+/m0/s1. The zero-order valence-electron chi connectivity index (χ0n) is 35.5. The van der Waals surface area contributed by atoms with Crippen molar-refractivity contribution in [3.63, 3.8) is 0 Å². The maximum absolute atomic E-state index is 16.1. The van der Waals surface area contributed by atoms with Crippen molar-refractivity contribution >= 4 is 40.3 Å². The van der Waals surface area contributed by atoms with Crippen LogP contribution in [0, 0.1) is 16.7 Å². The third-order valence-corrected chi connectivity index (χ3v) is 23.5. The molecule has 1 saturated heterocycles. The molecule has 1 heterocycles. The van der Waals surface area contributed by atoms with E-state index in [0.29, 0.717) is 16.9 Å². The minimum atomic E-state index is -2.50. The summed E-state index contributed by atoms with van der Waals surface area (Å²) in [5, 5.41) is 13.9. The van der Waals surface area contributed by atoms with E-state index in [0.717, 1.165) is 36.3 Å². The van der Waals surface area contributed by atoms with Crippen molar-refractivity contribution in [3.8, 4) is 0 Å². The van der Waals surface area contributed by atoms with Crippen LogP contribution in [0.4, 0.5) is 0 Å². The van der Waals surface area contributed by atoms with E-state index in [1.54, 1.807) is 57.2 Å². The summed E-state index contributed by atoms with van der Waals surface area (Å²) < 4.78 is 39.8. The number of carbonyl (C=O) groups is 4. The van der Waals surface area contributed by atoms with Crippen LogP contribution in [0.2, 0.25) is 36.3 Å². The lowest BCUT2D eigenvalue weighted by molar-refractivity contribution is -0.340. The van der Waals surface area contributed by atoms with Gasteiger partial charge in [-0.25, -0.2) is 4.79 Å². The normalized spacial score (nSPS) is 32.4. The van der Waals surface area contributed by atoms with Gasteiger partial charge in [-0.15, -0.1) is 0 Å². The fraction of sp³-hybridized carbons (Fsp3) is 0.674. The number of carbonyl (C=O) groups excluding carboxylic acids is 4. The summed E-state index contributed by atoms with van der Waals surface area (Å²) in [7, 11) is -4.95. The molecule has 0 spiro atoms. The Morgan fingerprint density at radius 3 is 1.91 bits per heavy atom. The molecule has 1 N–H and O–H groups in total. The highest BCUT2D eigenvalue weighted by atomic mass is 28.4. The van der Waals surface area contributed by atoms with Gasteiger partial charge < -0.3 is 32.9 Å². The fourth-order valence-electron chi connectivity index (χ4n) is 10.3. The Bertz CT molecular complexity index is 1730. The second kappa shape index (κ2) is 15.9. The second-order valence-electron chi connectivity index (χ2n) is 17.1. The predicted molar refractivity (Wildman–Crippen MR) is 217 cm³/mol. The predicted octanol–water partition coefficient (Wildman–Crippen LogP) is 7.84. The van der Waals surface area contributed by atoms with Gasteiger partial charge in [0, 0.05) is 25.7 Å². The molecule has 0 aromatic heterocycles. The number of aliphatic hydroxyl groups is 1. The highest BCUT2D eigenvalue weighted by Crippen LogP contribution is 2.65. The number of rotatable bonds is 14. The van der Waals surface area contributed by atoms with E-state index in [-0.39, 0.29) is 18.6 Å². The average Bonchev–Trinajstić information content (AvgIpc) is 3.16. The van der Waals surface area contributed by atoms with Gasteiger partial charge in [-0.2, -0.15) is 0 Å². The molecule has 5 rings (SSSR count). The van der Waals surface area contributed by atoms with Gasteiger partial charge in [-0.1, -0.05) is 73.6 Å². The van der Waals surface area contributed by atoms with Crippen molar-refractivity contribution in [2.24, 2.45) is 16.7 Å². The van der Waals surface area contributed by atoms with Crippen LogP contribution in [0.1, 0.15) is 99.9 Å². The Balaban J connectivity index is 1.94. The van der Waals surface area contributed by atoms with Crippen LogP contribution in [0.3, 0.4) is 0 Å². The summed E-state index contributed by atoms with van der Waals surface area (Å²) in [5.74, 6) is -3.39. The SMILES string of the molecule is CC[Si](CC)(CC)OC1=C[C@@]2(O)[C@@H](OC(=O)c3ccccc3)[C@@H]3[C@]4(OC(C)=O)CO[C@@H]4C[C@H](O[Si](CC)(CC)CC)[C@@]3(C)C(=O)[C@H](OC(C)=O)C(=C1C)C2(C)C. The van der Waals surface area contributed by atoms with Gasteiger partial charge in [0.2, 0.25) is 8.32 Å². The summed E-state index contributed by atoms with van der Waals surface area (Å²) in [4.78, 5) is 57.0. The van der Waals surface area contributed by atoms with Crippen molar-refractivity contribution in [1.82, 2.24) is 0 Å². The molecular weight excluding hydrogens is 749 g/mol. The highest BCUT2D eigenvalue weighted by Gasteiger charge is 2.78. The third kappa shape index (κ3) is 6.86. The van der Waals surface area contributed by atoms with Crippen molar-refractivity contribution in [1.29, 1.82) is 0 Å². The van der Waals surface area contributed by atoms with Crippen LogP contribution in [0.5, 0.6) is 0 Å². The maximum atomic E-state index is 16.1. The van der Waals surface area contributed by atoms with Gasteiger partial charge in [0.15, 0.2) is 25.8 Å². The Morgan fingerprint density at radius 1 is 0.857 bits per heavy atom. The molecule has 1 aromatic rings. The number of hydrogen-bond donors (Lipinski definition) is 1. The van der Waals surface area contributed by atoms with Crippen LogP contribution < -0.4 is 0 Å². The van der Waals surface area contributed by atoms with Crippen molar-refractivity contribution in [2.45, 2.75) is 161 Å². The van der Waals surface area contributed by atoms with Gasteiger partial charge in [-0.3, -0.25) is 14.4 Å². The molecule has 11 nitrogen and oxygen atoms in total. The molecule has 310 valence electrons. The summed E-state index contributed by atoms with van der Waals surface area (Å²) in [6, 6.07) is 13.1. The number of ether oxygens (including phenoxy) is 4. The molecule has 3 aliphatic carbocycles. The molecule has 0 amide bonds. The quantitative estimate of drug-likeness (QED) is 0.112. The lowest BCUT2D eigenvalue weighted by atomic mass is 9.45. The lowest BCUT2D eigenvalue weighted by Crippen LogP contribution is -2.82. The monoisotopic (exact) mass is 812 g/mol. The summed E-state index contributed by atoms with van der Waals surface area (Å²) in [6.07, 6.45) is -2.77. The number of ketones is 1. The molecule has 0 radical (unpaired) electrons. The zero-order chi connectivity index (χ0) is 41.6. The Hall–Kier alpha value is -3.11. The van der Waals surface area contributed by atoms with Gasteiger partial charge in [-0.05, 0) is 79.5 Å². The van der Waals surface area contributed by atoms with Crippen molar-refractivity contribution < 1.29 is 52.1 Å². The largest absolute Gasteiger partial charge is 0.543 e. The second-order valence-corrected chi connectivity index (χ2v) is 26.5. The smallest absolute Gasteiger partial charge is 0.338 e. The molecule has 1 aromatic carbocycles. The van der Waals surface area contributed by atoms with Gasteiger partial charge in [0.25, 0.3) is 0 Å². The first-order valence-electron chi connectivity index (χ1n) is 20.6. The fourth-order valence-corrected chi connectivity index (χ4v) is 15.8. The molecule has 4 aliphatic rings. The molecule has 0 unspecified atom stereocenters. The summed E-state index contributed by atoms with van der Waals surface area (Å²) in [5.41, 5.74) is -5.55. The molecule has 3 fully saturated rings. The summed E-state index contributed by atoms with van der Waals surface area (Å²) >= 11 is 0. The minimum Gasteiger partial charge on any atom is -0.543 e. The minimum absolute atomic E-state index is 0.115. The summed E-state index contributed by atoms with van der Waals surface area (Å²) in [6.45, 7) is 22.1.